The normalized spacial score (nSPS) is 10.8. The fourth-order valence-electron chi connectivity index (χ4n) is 3.14. The maximum absolute atomic E-state index is 12.4. The molecule has 3 aromatic carbocycles. The number of hydrazone groups is 1. The molecule has 4 aromatic rings. The van der Waals surface area contributed by atoms with E-state index in [0.29, 0.717) is 29.5 Å². The second kappa shape index (κ2) is 10.3. The van der Waals surface area contributed by atoms with E-state index in [2.05, 4.69) is 39.8 Å². The highest BCUT2D eigenvalue weighted by Crippen LogP contribution is 2.32. The standard InChI is InChI=1S/C26H24N4O3/c1-18-8-10-20(11-9-18)17-33-24-13-12-21(14-25(24)32-2)22-15-23(29-28-22)26(31)30-27-16-19-6-4-3-5-7-19/h3-16H,17H2,1-2H3,(H,28,29)(H,30,31). The second-order valence-electron chi connectivity index (χ2n) is 7.42. The van der Waals surface area contributed by atoms with Gasteiger partial charge in [-0.1, -0.05) is 60.2 Å². The van der Waals surface area contributed by atoms with Crippen LogP contribution in [0, 0.1) is 6.92 Å². The number of amides is 1. The molecule has 0 aliphatic rings. The molecule has 0 bridgehead atoms. The molecule has 33 heavy (non-hydrogen) atoms. The average Bonchev–Trinajstić information content (AvgIpc) is 3.35. The monoisotopic (exact) mass is 440 g/mol. The molecule has 1 amide bonds. The molecule has 0 fully saturated rings. The van der Waals surface area contributed by atoms with Crippen molar-refractivity contribution < 1.29 is 14.3 Å². The number of hydrogen-bond acceptors (Lipinski definition) is 5. The zero-order chi connectivity index (χ0) is 23.0. The maximum Gasteiger partial charge on any atom is 0.289 e. The van der Waals surface area contributed by atoms with E-state index in [1.807, 2.05) is 60.7 Å². The van der Waals surface area contributed by atoms with Crippen molar-refractivity contribution in [2.45, 2.75) is 13.5 Å². The Morgan fingerprint density at radius 1 is 1.03 bits per heavy atom. The lowest BCUT2D eigenvalue weighted by Crippen LogP contribution is -2.17. The molecule has 0 saturated heterocycles. The van der Waals surface area contributed by atoms with Gasteiger partial charge >= 0.3 is 0 Å². The SMILES string of the molecule is COc1cc(-c2cc(C(=O)NN=Cc3ccccc3)[nH]n2)ccc1OCc1ccc(C)cc1. The molecule has 0 atom stereocenters. The smallest absolute Gasteiger partial charge is 0.289 e. The van der Waals surface area contributed by atoms with Gasteiger partial charge in [-0.2, -0.15) is 10.2 Å². The molecule has 0 aliphatic heterocycles. The lowest BCUT2D eigenvalue weighted by Gasteiger charge is -2.12. The van der Waals surface area contributed by atoms with E-state index in [1.165, 1.54) is 5.56 Å². The molecule has 7 nitrogen and oxygen atoms in total. The van der Waals surface area contributed by atoms with Crippen LogP contribution in [0.4, 0.5) is 0 Å². The second-order valence-corrected chi connectivity index (χ2v) is 7.42. The van der Waals surface area contributed by atoms with Crippen LogP contribution < -0.4 is 14.9 Å². The van der Waals surface area contributed by atoms with Crippen LogP contribution in [-0.4, -0.2) is 29.4 Å². The summed E-state index contributed by atoms with van der Waals surface area (Å²) >= 11 is 0. The van der Waals surface area contributed by atoms with E-state index in [-0.39, 0.29) is 5.91 Å². The number of rotatable bonds is 8. The first-order valence-electron chi connectivity index (χ1n) is 10.4. The molecular formula is C26H24N4O3. The molecule has 166 valence electrons. The van der Waals surface area contributed by atoms with E-state index in [0.717, 1.165) is 16.7 Å². The van der Waals surface area contributed by atoms with Crippen LogP contribution in [0.15, 0.2) is 84.0 Å². The van der Waals surface area contributed by atoms with Crippen LogP contribution in [0.2, 0.25) is 0 Å². The van der Waals surface area contributed by atoms with Gasteiger partial charge in [-0.25, -0.2) is 5.43 Å². The predicted octanol–water partition coefficient (Wildman–Crippen LogP) is 4.74. The molecular weight excluding hydrogens is 416 g/mol. The number of aromatic nitrogens is 2. The topological polar surface area (TPSA) is 88.6 Å². The van der Waals surface area contributed by atoms with Crippen molar-refractivity contribution in [3.05, 3.63) is 101 Å². The largest absolute Gasteiger partial charge is 0.493 e. The number of aryl methyl sites for hydroxylation is 1. The summed E-state index contributed by atoms with van der Waals surface area (Å²) in [6, 6.07) is 24.9. The predicted molar refractivity (Wildman–Crippen MR) is 128 cm³/mol. The van der Waals surface area contributed by atoms with Gasteiger partial charge in [0, 0.05) is 5.56 Å². The summed E-state index contributed by atoms with van der Waals surface area (Å²) in [5, 5.41) is 11.0. The molecule has 1 aromatic heterocycles. The number of methoxy groups -OCH3 is 1. The minimum absolute atomic E-state index is 0.300. The fraction of sp³-hybridized carbons (Fsp3) is 0.115. The minimum Gasteiger partial charge on any atom is -0.493 e. The number of carbonyl (C=O) groups is 1. The number of aromatic amines is 1. The van der Waals surface area contributed by atoms with Gasteiger partial charge < -0.3 is 9.47 Å². The van der Waals surface area contributed by atoms with Crippen molar-refractivity contribution in [2.24, 2.45) is 5.10 Å². The molecule has 2 N–H and O–H groups in total. The highest BCUT2D eigenvalue weighted by atomic mass is 16.5. The number of carbonyl (C=O) groups excluding carboxylic acids is 1. The summed E-state index contributed by atoms with van der Waals surface area (Å²) in [6.45, 7) is 2.49. The summed E-state index contributed by atoms with van der Waals surface area (Å²) in [5.41, 5.74) is 7.36. The molecule has 0 unspecified atom stereocenters. The van der Waals surface area contributed by atoms with Gasteiger partial charge in [0.15, 0.2) is 11.5 Å². The zero-order valence-corrected chi connectivity index (χ0v) is 18.4. The Bertz CT molecular complexity index is 1250. The first-order valence-corrected chi connectivity index (χ1v) is 10.4. The summed E-state index contributed by atoms with van der Waals surface area (Å²) in [5.74, 6) is 0.831. The maximum atomic E-state index is 12.4. The minimum atomic E-state index is -0.383. The van der Waals surface area contributed by atoms with E-state index >= 15 is 0 Å². The number of hydrogen-bond donors (Lipinski definition) is 2. The van der Waals surface area contributed by atoms with Crippen LogP contribution >= 0.6 is 0 Å². The first kappa shape index (κ1) is 21.8. The first-order chi connectivity index (χ1) is 16.1. The number of nitrogens with one attached hydrogen (secondary N) is 2. The molecule has 7 heteroatoms. The number of nitrogens with zero attached hydrogens (tertiary/aromatic N) is 2. The fourth-order valence-corrected chi connectivity index (χ4v) is 3.14. The van der Waals surface area contributed by atoms with Gasteiger partial charge in [0.1, 0.15) is 12.3 Å². The Labute approximate surface area is 192 Å². The summed E-state index contributed by atoms with van der Waals surface area (Å²) in [7, 11) is 1.59. The Balaban J connectivity index is 1.42. The molecule has 0 spiro atoms. The lowest BCUT2D eigenvalue weighted by molar-refractivity contribution is 0.0950. The van der Waals surface area contributed by atoms with Crippen molar-refractivity contribution in [3.63, 3.8) is 0 Å². The third-order valence-electron chi connectivity index (χ3n) is 4.98. The molecule has 4 rings (SSSR count). The van der Waals surface area contributed by atoms with Crippen LogP contribution in [0.5, 0.6) is 11.5 Å². The third kappa shape index (κ3) is 5.65. The van der Waals surface area contributed by atoms with E-state index in [1.54, 1.807) is 19.4 Å². The molecule has 0 saturated carbocycles. The van der Waals surface area contributed by atoms with Gasteiger partial charge in [-0.05, 0) is 42.3 Å². The van der Waals surface area contributed by atoms with Crippen LogP contribution in [0.25, 0.3) is 11.3 Å². The van der Waals surface area contributed by atoms with Gasteiger partial charge in [0.2, 0.25) is 0 Å². The van der Waals surface area contributed by atoms with E-state index in [9.17, 15) is 4.79 Å². The van der Waals surface area contributed by atoms with Crippen molar-refractivity contribution in [3.8, 4) is 22.8 Å². The van der Waals surface area contributed by atoms with Crippen molar-refractivity contribution in [1.29, 1.82) is 0 Å². The lowest BCUT2D eigenvalue weighted by atomic mass is 10.1. The Hall–Kier alpha value is -4.39. The Morgan fingerprint density at radius 3 is 2.58 bits per heavy atom. The number of ether oxygens (including phenoxy) is 2. The van der Waals surface area contributed by atoms with Crippen molar-refractivity contribution in [1.82, 2.24) is 15.6 Å². The van der Waals surface area contributed by atoms with Crippen LogP contribution in [-0.2, 0) is 6.61 Å². The Morgan fingerprint density at radius 2 is 1.82 bits per heavy atom. The van der Waals surface area contributed by atoms with Gasteiger partial charge in [-0.15, -0.1) is 0 Å². The molecule has 0 aliphatic carbocycles. The Kier molecular flexibility index (Phi) is 6.80. The molecule has 1 heterocycles. The zero-order valence-electron chi connectivity index (χ0n) is 18.4. The van der Waals surface area contributed by atoms with Gasteiger partial charge in [0.25, 0.3) is 5.91 Å². The molecule has 0 radical (unpaired) electrons. The van der Waals surface area contributed by atoms with Crippen molar-refractivity contribution >= 4 is 12.1 Å². The summed E-state index contributed by atoms with van der Waals surface area (Å²) in [6.07, 6.45) is 1.58. The van der Waals surface area contributed by atoms with Crippen LogP contribution in [0.1, 0.15) is 27.2 Å². The summed E-state index contributed by atoms with van der Waals surface area (Å²) in [4.78, 5) is 12.4. The van der Waals surface area contributed by atoms with Crippen molar-refractivity contribution in [2.75, 3.05) is 7.11 Å². The quantitative estimate of drug-likeness (QED) is 0.306. The van der Waals surface area contributed by atoms with E-state index in [4.69, 9.17) is 9.47 Å². The average molecular weight is 441 g/mol. The van der Waals surface area contributed by atoms with Gasteiger partial charge in [0.05, 0.1) is 19.0 Å². The van der Waals surface area contributed by atoms with Gasteiger partial charge in [-0.3, -0.25) is 9.89 Å². The highest BCUT2D eigenvalue weighted by molar-refractivity contribution is 5.94. The third-order valence-corrected chi connectivity index (χ3v) is 4.98. The van der Waals surface area contributed by atoms with E-state index < -0.39 is 0 Å². The highest BCUT2D eigenvalue weighted by Gasteiger charge is 2.13. The van der Waals surface area contributed by atoms with Crippen LogP contribution in [0.3, 0.4) is 0 Å². The number of H-pyrrole nitrogens is 1. The summed E-state index contributed by atoms with van der Waals surface area (Å²) < 4.78 is 11.4. The number of benzene rings is 3.